The number of carbonyl (C=O) groups excluding carboxylic acids is 1. The van der Waals surface area contributed by atoms with Crippen LogP contribution in [0.1, 0.15) is 10.6 Å². The van der Waals surface area contributed by atoms with E-state index in [0.29, 0.717) is 11.8 Å². The summed E-state index contributed by atoms with van der Waals surface area (Å²) in [5.41, 5.74) is 1.45. The number of furan rings is 1. The number of hydrogen-bond donors (Lipinski definition) is 0. The first-order valence-electron chi connectivity index (χ1n) is 4.10. The van der Waals surface area contributed by atoms with Crippen molar-refractivity contribution in [3.05, 3.63) is 48.2 Å². The van der Waals surface area contributed by atoms with E-state index in [1.165, 1.54) is 18.4 Å². The minimum Gasteiger partial charge on any atom is -0.461 e. The van der Waals surface area contributed by atoms with Gasteiger partial charge in [-0.05, 0) is 23.8 Å². The molecule has 2 nitrogen and oxygen atoms in total. The molecule has 0 aliphatic rings. The van der Waals surface area contributed by atoms with Crippen molar-refractivity contribution >= 4 is 6.29 Å². The van der Waals surface area contributed by atoms with E-state index in [4.69, 9.17) is 4.42 Å². The molecule has 2 aromatic rings. The normalized spacial score (nSPS) is 10.1. The fourth-order valence-corrected chi connectivity index (χ4v) is 1.28. The van der Waals surface area contributed by atoms with Gasteiger partial charge in [0.25, 0.3) is 0 Å². The molecule has 0 radical (unpaired) electrons. The van der Waals surface area contributed by atoms with E-state index < -0.39 is 0 Å². The minimum atomic E-state index is -0.301. The molecule has 2 rings (SSSR count). The van der Waals surface area contributed by atoms with Crippen molar-refractivity contribution in [1.29, 1.82) is 0 Å². The lowest BCUT2D eigenvalue weighted by molar-refractivity contribution is 0.110. The van der Waals surface area contributed by atoms with Crippen LogP contribution in [0.2, 0.25) is 0 Å². The molecule has 0 atom stereocenters. The van der Waals surface area contributed by atoms with Crippen molar-refractivity contribution in [3.63, 3.8) is 0 Å². The molecule has 0 amide bonds. The highest BCUT2D eigenvalue weighted by Gasteiger charge is 2.06. The smallest absolute Gasteiger partial charge is 0.185 e. The van der Waals surface area contributed by atoms with Crippen molar-refractivity contribution in [2.75, 3.05) is 0 Å². The monoisotopic (exact) mass is 190 g/mol. The molecule has 0 N–H and O–H groups in total. The maximum absolute atomic E-state index is 12.6. The Bertz CT molecular complexity index is 443. The molecule has 0 fully saturated rings. The third-order valence-corrected chi connectivity index (χ3v) is 1.96. The summed E-state index contributed by atoms with van der Waals surface area (Å²) in [5.74, 6) is -0.0403. The van der Waals surface area contributed by atoms with Gasteiger partial charge < -0.3 is 4.42 Å². The number of rotatable bonds is 2. The van der Waals surface area contributed by atoms with Gasteiger partial charge in [0.2, 0.25) is 0 Å². The van der Waals surface area contributed by atoms with Gasteiger partial charge in [0.05, 0.1) is 6.26 Å². The Morgan fingerprint density at radius 2 is 1.86 bits per heavy atom. The average Bonchev–Trinajstić information content (AvgIpc) is 2.67. The Labute approximate surface area is 80.0 Å². The van der Waals surface area contributed by atoms with Crippen LogP contribution in [-0.4, -0.2) is 6.29 Å². The Hall–Kier alpha value is -1.90. The lowest BCUT2D eigenvalue weighted by Gasteiger charge is -1.97. The average molecular weight is 190 g/mol. The van der Waals surface area contributed by atoms with Gasteiger partial charge in [-0.25, -0.2) is 4.39 Å². The highest BCUT2D eigenvalue weighted by atomic mass is 19.1. The second-order valence-electron chi connectivity index (χ2n) is 2.82. The van der Waals surface area contributed by atoms with E-state index in [-0.39, 0.29) is 11.6 Å². The van der Waals surface area contributed by atoms with Gasteiger partial charge in [0.1, 0.15) is 5.82 Å². The zero-order valence-corrected chi connectivity index (χ0v) is 7.24. The summed E-state index contributed by atoms with van der Waals surface area (Å²) in [6, 6.07) is 7.57. The van der Waals surface area contributed by atoms with Crippen LogP contribution in [0, 0.1) is 5.82 Å². The number of halogens is 1. The summed E-state index contributed by atoms with van der Waals surface area (Å²) < 4.78 is 17.6. The largest absolute Gasteiger partial charge is 0.461 e. The summed E-state index contributed by atoms with van der Waals surface area (Å²) >= 11 is 0. The van der Waals surface area contributed by atoms with Crippen molar-refractivity contribution < 1.29 is 13.6 Å². The molecule has 0 aliphatic heterocycles. The van der Waals surface area contributed by atoms with Crippen molar-refractivity contribution in [3.8, 4) is 11.1 Å². The number of hydrogen-bond acceptors (Lipinski definition) is 2. The van der Waals surface area contributed by atoms with Crippen LogP contribution < -0.4 is 0 Å². The summed E-state index contributed by atoms with van der Waals surface area (Å²) in [6.45, 7) is 0. The van der Waals surface area contributed by atoms with Gasteiger partial charge in [-0.3, -0.25) is 4.79 Å². The van der Waals surface area contributed by atoms with Crippen LogP contribution >= 0.6 is 0 Å². The molecule has 70 valence electrons. The molecule has 0 bridgehead atoms. The van der Waals surface area contributed by atoms with Crippen molar-refractivity contribution in [2.24, 2.45) is 0 Å². The maximum atomic E-state index is 12.6. The second kappa shape index (κ2) is 3.46. The topological polar surface area (TPSA) is 30.2 Å². The van der Waals surface area contributed by atoms with Crippen LogP contribution in [0.5, 0.6) is 0 Å². The van der Waals surface area contributed by atoms with Crippen LogP contribution in [0.3, 0.4) is 0 Å². The molecule has 0 saturated heterocycles. The Morgan fingerprint density at radius 3 is 2.50 bits per heavy atom. The second-order valence-corrected chi connectivity index (χ2v) is 2.82. The lowest BCUT2D eigenvalue weighted by Crippen LogP contribution is -1.81. The Kier molecular flexibility index (Phi) is 2.14. The number of aldehydes is 1. The fourth-order valence-electron chi connectivity index (χ4n) is 1.28. The van der Waals surface area contributed by atoms with Gasteiger partial charge in [-0.2, -0.15) is 0 Å². The van der Waals surface area contributed by atoms with Crippen LogP contribution in [0.15, 0.2) is 41.0 Å². The SMILES string of the molecule is O=Cc1occc1-c1ccc(F)cc1. The fraction of sp³-hybridized carbons (Fsp3) is 0. The molecule has 14 heavy (non-hydrogen) atoms. The molecule has 0 saturated carbocycles. The van der Waals surface area contributed by atoms with E-state index in [2.05, 4.69) is 0 Å². The quantitative estimate of drug-likeness (QED) is 0.681. The molecule has 3 heteroatoms. The first kappa shape index (κ1) is 8.69. The van der Waals surface area contributed by atoms with Crippen molar-refractivity contribution in [1.82, 2.24) is 0 Å². The predicted molar refractivity (Wildman–Crippen MR) is 49.5 cm³/mol. The third kappa shape index (κ3) is 1.44. The zero-order valence-electron chi connectivity index (χ0n) is 7.24. The highest BCUT2D eigenvalue weighted by molar-refractivity contribution is 5.84. The maximum Gasteiger partial charge on any atom is 0.185 e. The van der Waals surface area contributed by atoms with E-state index >= 15 is 0 Å². The van der Waals surface area contributed by atoms with E-state index in [1.807, 2.05) is 0 Å². The molecule has 1 aromatic heterocycles. The van der Waals surface area contributed by atoms with E-state index in [0.717, 1.165) is 5.56 Å². The van der Waals surface area contributed by atoms with Crippen LogP contribution in [0.25, 0.3) is 11.1 Å². The highest BCUT2D eigenvalue weighted by Crippen LogP contribution is 2.23. The number of benzene rings is 1. The Morgan fingerprint density at radius 1 is 1.14 bits per heavy atom. The lowest BCUT2D eigenvalue weighted by atomic mass is 10.1. The van der Waals surface area contributed by atoms with Gasteiger partial charge in [0, 0.05) is 5.56 Å². The molecule has 1 heterocycles. The molecule has 1 aromatic carbocycles. The first-order valence-corrected chi connectivity index (χ1v) is 4.10. The Balaban J connectivity index is 2.49. The molecule has 0 unspecified atom stereocenters. The standard InChI is InChI=1S/C11H7FO2/c12-9-3-1-8(2-4-9)10-5-6-14-11(10)7-13/h1-7H. The van der Waals surface area contributed by atoms with Gasteiger partial charge >= 0.3 is 0 Å². The van der Waals surface area contributed by atoms with Crippen molar-refractivity contribution in [2.45, 2.75) is 0 Å². The third-order valence-electron chi connectivity index (χ3n) is 1.96. The predicted octanol–water partition coefficient (Wildman–Crippen LogP) is 2.90. The summed E-state index contributed by atoms with van der Waals surface area (Å²) in [7, 11) is 0. The van der Waals surface area contributed by atoms with Gasteiger partial charge in [-0.15, -0.1) is 0 Å². The molecule has 0 aliphatic carbocycles. The minimum absolute atomic E-state index is 0.261. The number of carbonyl (C=O) groups is 1. The summed E-state index contributed by atoms with van der Waals surface area (Å²) in [4.78, 5) is 10.6. The molecular formula is C11H7FO2. The molecule has 0 spiro atoms. The summed E-state index contributed by atoms with van der Waals surface area (Å²) in [6.07, 6.45) is 2.07. The van der Waals surface area contributed by atoms with Gasteiger partial charge in [0.15, 0.2) is 12.0 Å². The first-order chi connectivity index (χ1) is 6.81. The van der Waals surface area contributed by atoms with Crippen LogP contribution in [0.4, 0.5) is 4.39 Å². The van der Waals surface area contributed by atoms with Crippen LogP contribution in [-0.2, 0) is 0 Å². The summed E-state index contributed by atoms with van der Waals surface area (Å²) in [5, 5.41) is 0. The molecular weight excluding hydrogens is 183 g/mol. The van der Waals surface area contributed by atoms with Gasteiger partial charge in [-0.1, -0.05) is 12.1 Å². The van der Waals surface area contributed by atoms with E-state index in [9.17, 15) is 9.18 Å². The van der Waals surface area contributed by atoms with E-state index in [1.54, 1.807) is 18.2 Å². The zero-order chi connectivity index (χ0) is 9.97.